The normalized spacial score (nSPS) is 13.1. The van der Waals surface area contributed by atoms with E-state index in [0.29, 0.717) is 12.2 Å². The number of aryl methyl sites for hydroxylation is 1. The Balaban J connectivity index is 1.82. The average Bonchev–Trinajstić information content (AvgIpc) is 3.09. The smallest absolute Gasteiger partial charge is 0.322 e. The van der Waals surface area contributed by atoms with E-state index in [1.807, 2.05) is 19.2 Å². The van der Waals surface area contributed by atoms with Gasteiger partial charge in [-0.1, -0.05) is 12.1 Å². The molecule has 0 aliphatic rings. The molecular formula is C20H24N4O4S2. The van der Waals surface area contributed by atoms with E-state index in [0.717, 1.165) is 32.4 Å². The van der Waals surface area contributed by atoms with Crippen LogP contribution < -0.4 is 0 Å². The molecule has 0 amide bonds. The molecule has 30 heavy (non-hydrogen) atoms. The zero-order valence-corrected chi connectivity index (χ0v) is 18.6. The number of rotatable bonds is 9. The monoisotopic (exact) mass is 448 g/mol. The molecule has 3 rings (SSSR count). The van der Waals surface area contributed by atoms with Crippen LogP contribution in [0.15, 0.2) is 41.4 Å². The molecule has 8 nitrogen and oxygen atoms in total. The molecule has 0 bridgehead atoms. The number of nitrogens with zero attached hydrogens (tertiary/aromatic N) is 3. The zero-order chi connectivity index (χ0) is 21.9. The van der Waals surface area contributed by atoms with Crippen molar-refractivity contribution in [3.8, 4) is 0 Å². The lowest BCUT2D eigenvalue weighted by molar-refractivity contribution is -0.141. The van der Waals surface area contributed by atoms with E-state index < -0.39 is 22.0 Å². The summed E-state index contributed by atoms with van der Waals surface area (Å²) in [5, 5.41) is 9.45. The molecule has 0 saturated heterocycles. The molecule has 1 atom stereocenters. The summed E-state index contributed by atoms with van der Waals surface area (Å²) in [5.74, 6) is 0.208. The summed E-state index contributed by atoms with van der Waals surface area (Å²) in [6.07, 6.45) is 4.31. The molecule has 0 fully saturated rings. The first-order valence-corrected chi connectivity index (χ1v) is 12.2. The van der Waals surface area contributed by atoms with E-state index in [9.17, 15) is 18.3 Å². The van der Waals surface area contributed by atoms with Crippen molar-refractivity contribution in [2.24, 2.45) is 0 Å². The summed E-state index contributed by atoms with van der Waals surface area (Å²) in [4.78, 5) is 23.7. The van der Waals surface area contributed by atoms with Gasteiger partial charge in [0.2, 0.25) is 10.0 Å². The highest BCUT2D eigenvalue weighted by atomic mass is 32.2. The Labute approximate surface area is 179 Å². The number of carbonyl (C=O) groups is 1. The van der Waals surface area contributed by atoms with Gasteiger partial charge < -0.3 is 10.1 Å². The standard InChI is InChI=1S/C20H24N4O4S2/c1-13-22-16-8-10-21-17(19(16)23-13)12-14-4-6-15(7-5-14)30(27,28)24(2)18(20(25)26)9-11-29-3/h4-8,10,18H,9,11-12H2,1-3H3,(H,22,23)(H,25,26)/t18-/m0/s1. The van der Waals surface area contributed by atoms with E-state index in [-0.39, 0.29) is 11.3 Å². The number of pyridine rings is 1. The van der Waals surface area contributed by atoms with Crippen molar-refractivity contribution in [1.82, 2.24) is 19.3 Å². The number of fused-ring (bicyclic) bond motifs is 1. The van der Waals surface area contributed by atoms with Gasteiger partial charge in [0, 0.05) is 19.7 Å². The fourth-order valence-corrected chi connectivity index (χ4v) is 5.04. The third-order valence-electron chi connectivity index (χ3n) is 4.89. The van der Waals surface area contributed by atoms with Crippen LogP contribution in [0.2, 0.25) is 0 Å². The summed E-state index contributed by atoms with van der Waals surface area (Å²) in [7, 11) is -2.61. The van der Waals surface area contributed by atoms with Crippen LogP contribution in [0.1, 0.15) is 23.5 Å². The molecule has 2 heterocycles. The molecule has 0 radical (unpaired) electrons. The van der Waals surface area contributed by atoms with Gasteiger partial charge in [-0.15, -0.1) is 0 Å². The molecule has 0 aliphatic heterocycles. The number of hydrogen-bond acceptors (Lipinski definition) is 6. The maximum Gasteiger partial charge on any atom is 0.322 e. The highest BCUT2D eigenvalue weighted by Crippen LogP contribution is 2.22. The van der Waals surface area contributed by atoms with Crippen molar-refractivity contribution in [2.45, 2.75) is 30.7 Å². The number of aromatic nitrogens is 3. The topological polar surface area (TPSA) is 116 Å². The molecule has 1 aromatic carbocycles. The number of likely N-dealkylation sites (N-methyl/N-ethyl adjacent to an activating group) is 1. The highest BCUT2D eigenvalue weighted by molar-refractivity contribution is 7.98. The van der Waals surface area contributed by atoms with Crippen LogP contribution in [0.25, 0.3) is 11.0 Å². The van der Waals surface area contributed by atoms with Crippen LogP contribution in [-0.2, 0) is 21.2 Å². The minimum Gasteiger partial charge on any atom is -0.480 e. The lowest BCUT2D eigenvalue weighted by Gasteiger charge is -2.24. The van der Waals surface area contributed by atoms with Crippen molar-refractivity contribution in [2.75, 3.05) is 19.1 Å². The molecular weight excluding hydrogens is 424 g/mol. The van der Waals surface area contributed by atoms with Crippen LogP contribution >= 0.6 is 11.8 Å². The van der Waals surface area contributed by atoms with Crippen LogP contribution in [0, 0.1) is 6.92 Å². The van der Waals surface area contributed by atoms with Crippen molar-refractivity contribution in [3.63, 3.8) is 0 Å². The van der Waals surface area contributed by atoms with Crippen molar-refractivity contribution >= 4 is 38.8 Å². The number of sulfonamides is 1. The molecule has 3 aromatic rings. The van der Waals surface area contributed by atoms with E-state index in [2.05, 4.69) is 15.0 Å². The second kappa shape index (κ2) is 9.15. The van der Waals surface area contributed by atoms with Gasteiger partial charge in [0.05, 0.1) is 16.1 Å². The molecule has 0 spiro atoms. The number of benzene rings is 1. The summed E-state index contributed by atoms with van der Waals surface area (Å²) in [5.41, 5.74) is 3.38. The fraction of sp³-hybridized carbons (Fsp3) is 0.350. The highest BCUT2D eigenvalue weighted by Gasteiger charge is 2.32. The maximum absolute atomic E-state index is 12.9. The van der Waals surface area contributed by atoms with E-state index in [1.54, 1.807) is 18.3 Å². The number of aliphatic carboxylic acids is 1. The third kappa shape index (κ3) is 4.66. The van der Waals surface area contributed by atoms with Crippen LogP contribution in [0.3, 0.4) is 0 Å². The molecule has 2 aromatic heterocycles. The Bertz CT molecular complexity index is 1140. The molecule has 10 heteroatoms. The Hall–Kier alpha value is -2.43. The van der Waals surface area contributed by atoms with Gasteiger partial charge >= 0.3 is 5.97 Å². The molecule has 2 N–H and O–H groups in total. The van der Waals surface area contributed by atoms with Gasteiger partial charge in [-0.2, -0.15) is 16.1 Å². The quantitative estimate of drug-likeness (QED) is 0.517. The number of hydrogen-bond donors (Lipinski definition) is 2. The number of carboxylic acid groups (broad SMARTS) is 1. The summed E-state index contributed by atoms with van der Waals surface area (Å²) in [6.45, 7) is 1.88. The Morgan fingerprint density at radius 2 is 1.97 bits per heavy atom. The summed E-state index contributed by atoms with van der Waals surface area (Å²) >= 11 is 1.48. The number of H-pyrrole nitrogens is 1. The average molecular weight is 449 g/mol. The second-order valence-electron chi connectivity index (χ2n) is 6.95. The van der Waals surface area contributed by atoms with Gasteiger partial charge in [0.25, 0.3) is 0 Å². The number of thioether (sulfide) groups is 1. The Morgan fingerprint density at radius 1 is 1.27 bits per heavy atom. The molecule has 160 valence electrons. The van der Waals surface area contributed by atoms with Gasteiger partial charge in [-0.05, 0) is 49.1 Å². The number of aromatic amines is 1. The first-order chi connectivity index (χ1) is 14.2. The SMILES string of the molecule is CSCC[C@@H](C(=O)O)N(C)S(=O)(=O)c1ccc(Cc2nccc3[nH]c(C)nc23)cc1. The largest absolute Gasteiger partial charge is 0.480 e. The number of nitrogens with one attached hydrogen (secondary N) is 1. The first-order valence-electron chi connectivity index (χ1n) is 9.33. The third-order valence-corrected chi connectivity index (χ3v) is 7.41. The lowest BCUT2D eigenvalue weighted by atomic mass is 10.1. The van der Waals surface area contributed by atoms with Gasteiger partial charge in [0.15, 0.2) is 0 Å². The molecule has 0 aliphatic carbocycles. The van der Waals surface area contributed by atoms with E-state index >= 15 is 0 Å². The lowest BCUT2D eigenvalue weighted by Crippen LogP contribution is -2.42. The van der Waals surface area contributed by atoms with Gasteiger partial charge in [-0.3, -0.25) is 9.78 Å². The van der Waals surface area contributed by atoms with Crippen molar-refractivity contribution < 1.29 is 18.3 Å². The zero-order valence-electron chi connectivity index (χ0n) is 17.0. The van der Waals surface area contributed by atoms with Crippen molar-refractivity contribution in [3.05, 3.63) is 53.6 Å². The maximum atomic E-state index is 12.9. The van der Waals surface area contributed by atoms with E-state index in [4.69, 9.17) is 0 Å². The summed E-state index contributed by atoms with van der Waals surface area (Å²) in [6, 6.07) is 7.21. The Kier molecular flexibility index (Phi) is 6.79. The Morgan fingerprint density at radius 3 is 2.60 bits per heavy atom. The predicted molar refractivity (Wildman–Crippen MR) is 117 cm³/mol. The van der Waals surface area contributed by atoms with Crippen LogP contribution in [-0.4, -0.2) is 63.8 Å². The molecule has 0 unspecified atom stereocenters. The van der Waals surface area contributed by atoms with Gasteiger partial charge in [-0.25, -0.2) is 13.4 Å². The minimum absolute atomic E-state index is 0.0610. The minimum atomic E-state index is -3.92. The van der Waals surface area contributed by atoms with Gasteiger partial charge in [0.1, 0.15) is 17.4 Å². The number of imidazole rings is 1. The number of carboxylic acids is 1. The van der Waals surface area contributed by atoms with Crippen LogP contribution in [0.4, 0.5) is 0 Å². The molecule has 0 saturated carbocycles. The predicted octanol–water partition coefficient (Wildman–Crippen LogP) is 2.68. The summed E-state index contributed by atoms with van der Waals surface area (Å²) < 4.78 is 26.8. The second-order valence-corrected chi connectivity index (χ2v) is 9.94. The van der Waals surface area contributed by atoms with Crippen LogP contribution in [0.5, 0.6) is 0 Å². The fourth-order valence-electron chi connectivity index (χ4n) is 3.24. The van der Waals surface area contributed by atoms with E-state index in [1.165, 1.54) is 30.9 Å². The van der Waals surface area contributed by atoms with Crippen molar-refractivity contribution in [1.29, 1.82) is 0 Å². The first kappa shape index (κ1) is 22.3.